The van der Waals surface area contributed by atoms with Crippen LogP contribution < -0.4 is 0 Å². The van der Waals surface area contributed by atoms with Crippen molar-refractivity contribution in [3.63, 3.8) is 0 Å². The van der Waals surface area contributed by atoms with Crippen LogP contribution in [0.5, 0.6) is 0 Å². The summed E-state index contributed by atoms with van der Waals surface area (Å²) in [6.07, 6.45) is 58.1. The highest BCUT2D eigenvalue weighted by Gasteiger charge is 2.19. The van der Waals surface area contributed by atoms with E-state index in [1.807, 2.05) is 0 Å². The van der Waals surface area contributed by atoms with Gasteiger partial charge in [-0.15, -0.1) is 0 Å². The van der Waals surface area contributed by atoms with E-state index in [-0.39, 0.29) is 31.1 Å². The average molecular weight is 892 g/mol. The largest absolute Gasteiger partial charge is 0.462 e. The molecule has 0 bridgehead atoms. The summed E-state index contributed by atoms with van der Waals surface area (Å²) >= 11 is 0. The topological polar surface area (TPSA) is 78.9 Å². The van der Waals surface area contributed by atoms with Gasteiger partial charge in [-0.1, -0.05) is 290 Å². The van der Waals surface area contributed by atoms with Crippen molar-refractivity contribution in [2.75, 3.05) is 13.2 Å². The van der Waals surface area contributed by atoms with E-state index in [1.165, 1.54) is 231 Å². The van der Waals surface area contributed by atoms with Crippen molar-refractivity contribution < 1.29 is 28.6 Å². The van der Waals surface area contributed by atoms with E-state index in [0.29, 0.717) is 19.3 Å². The summed E-state index contributed by atoms with van der Waals surface area (Å²) in [4.78, 5) is 38.0. The zero-order valence-electron chi connectivity index (χ0n) is 42.9. The van der Waals surface area contributed by atoms with E-state index < -0.39 is 6.10 Å². The predicted molar refractivity (Wildman–Crippen MR) is 270 cm³/mol. The van der Waals surface area contributed by atoms with Crippen molar-refractivity contribution in [2.45, 2.75) is 335 Å². The molecule has 0 aliphatic carbocycles. The van der Waals surface area contributed by atoms with Crippen LogP contribution in [-0.4, -0.2) is 37.2 Å². The molecule has 0 aromatic carbocycles. The number of carbonyl (C=O) groups excluding carboxylic acids is 3. The molecule has 0 saturated carbocycles. The molecule has 0 saturated heterocycles. The van der Waals surface area contributed by atoms with Crippen LogP contribution in [0.4, 0.5) is 0 Å². The van der Waals surface area contributed by atoms with Crippen molar-refractivity contribution in [1.82, 2.24) is 0 Å². The van der Waals surface area contributed by atoms with E-state index >= 15 is 0 Å². The van der Waals surface area contributed by atoms with Gasteiger partial charge in [0.05, 0.1) is 0 Å². The monoisotopic (exact) mass is 891 g/mol. The Bertz CT molecular complexity index is 936. The Kier molecular flexibility index (Phi) is 51.7. The number of ether oxygens (including phenoxy) is 3. The molecular formula is C57H110O6. The minimum absolute atomic E-state index is 0.0613. The Morgan fingerprint density at radius 2 is 0.429 bits per heavy atom. The SMILES string of the molecule is CCCCCCCCCCCCCCCCCCCCCC(=O)OC[C@H](COC(=O)CCCCCCCCCCCCCCCCC)OC(=O)CCCCCCCCCCCCC. The number of carbonyl (C=O) groups is 3. The quantitative estimate of drug-likeness (QED) is 0.0344. The van der Waals surface area contributed by atoms with Gasteiger partial charge >= 0.3 is 17.9 Å². The summed E-state index contributed by atoms with van der Waals surface area (Å²) in [7, 11) is 0. The highest BCUT2D eigenvalue weighted by atomic mass is 16.6. The Hall–Kier alpha value is -1.59. The minimum Gasteiger partial charge on any atom is -0.462 e. The first kappa shape index (κ1) is 61.4. The summed E-state index contributed by atoms with van der Waals surface area (Å²) in [5, 5.41) is 0. The molecule has 0 spiro atoms. The van der Waals surface area contributed by atoms with Gasteiger partial charge in [-0.2, -0.15) is 0 Å². The second-order valence-electron chi connectivity index (χ2n) is 19.6. The van der Waals surface area contributed by atoms with Crippen molar-refractivity contribution in [2.24, 2.45) is 0 Å². The summed E-state index contributed by atoms with van der Waals surface area (Å²) in [5.74, 6) is -0.835. The number of rotatable bonds is 53. The molecule has 0 aromatic heterocycles. The lowest BCUT2D eigenvalue weighted by Crippen LogP contribution is -2.30. The molecule has 0 aliphatic rings. The van der Waals surface area contributed by atoms with Crippen LogP contribution in [0.1, 0.15) is 329 Å². The molecule has 63 heavy (non-hydrogen) atoms. The van der Waals surface area contributed by atoms with Gasteiger partial charge in [0.25, 0.3) is 0 Å². The van der Waals surface area contributed by atoms with Crippen LogP contribution in [0, 0.1) is 0 Å². The fourth-order valence-electron chi connectivity index (χ4n) is 8.80. The molecule has 0 rings (SSSR count). The first-order chi connectivity index (χ1) is 31.0. The molecule has 0 amide bonds. The highest BCUT2D eigenvalue weighted by Crippen LogP contribution is 2.18. The number of hydrogen-bond donors (Lipinski definition) is 0. The molecule has 0 radical (unpaired) electrons. The molecule has 0 aromatic rings. The van der Waals surface area contributed by atoms with Crippen LogP contribution in [-0.2, 0) is 28.6 Å². The fraction of sp³-hybridized carbons (Fsp3) is 0.947. The fourth-order valence-corrected chi connectivity index (χ4v) is 8.80. The molecule has 0 heterocycles. The molecule has 0 unspecified atom stereocenters. The average Bonchev–Trinajstić information content (AvgIpc) is 3.28. The van der Waals surface area contributed by atoms with Gasteiger partial charge in [0, 0.05) is 19.3 Å². The smallest absolute Gasteiger partial charge is 0.306 e. The van der Waals surface area contributed by atoms with Gasteiger partial charge in [-0.05, 0) is 19.3 Å². The lowest BCUT2D eigenvalue weighted by Gasteiger charge is -2.18. The summed E-state index contributed by atoms with van der Waals surface area (Å²) in [6, 6.07) is 0. The molecule has 1 atom stereocenters. The molecule has 374 valence electrons. The number of hydrogen-bond acceptors (Lipinski definition) is 6. The van der Waals surface area contributed by atoms with E-state index in [4.69, 9.17) is 14.2 Å². The van der Waals surface area contributed by atoms with Gasteiger partial charge < -0.3 is 14.2 Å². The molecule has 0 N–H and O–H groups in total. The van der Waals surface area contributed by atoms with Crippen molar-refractivity contribution in [1.29, 1.82) is 0 Å². The maximum atomic E-state index is 12.8. The summed E-state index contributed by atoms with van der Waals surface area (Å²) in [6.45, 7) is 6.70. The standard InChI is InChI=1S/C57H110O6/c1-4-7-10-13-16-19-22-24-26-27-28-29-31-33-36-38-41-44-47-50-56(59)62-53-54(63-57(60)51-48-45-42-39-34-21-18-15-12-9-6-3)52-61-55(58)49-46-43-40-37-35-32-30-25-23-20-17-14-11-8-5-2/h54H,4-53H2,1-3H3/t54-/m0/s1. The maximum Gasteiger partial charge on any atom is 0.306 e. The van der Waals surface area contributed by atoms with Crippen LogP contribution in [0.2, 0.25) is 0 Å². The lowest BCUT2D eigenvalue weighted by molar-refractivity contribution is -0.167. The third kappa shape index (κ3) is 51.3. The molecule has 6 heteroatoms. The van der Waals surface area contributed by atoms with E-state index in [2.05, 4.69) is 20.8 Å². The zero-order chi connectivity index (χ0) is 45.8. The highest BCUT2D eigenvalue weighted by molar-refractivity contribution is 5.71. The van der Waals surface area contributed by atoms with Crippen LogP contribution in [0.15, 0.2) is 0 Å². The van der Waals surface area contributed by atoms with Crippen LogP contribution in [0.3, 0.4) is 0 Å². The van der Waals surface area contributed by atoms with E-state index in [0.717, 1.165) is 57.8 Å². The van der Waals surface area contributed by atoms with Crippen LogP contribution >= 0.6 is 0 Å². The Labute approximate surface area is 393 Å². The van der Waals surface area contributed by atoms with E-state index in [1.54, 1.807) is 0 Å². The molecule has 0 fully saturated rings. The normalized spacial score (nSPS) is 11.9. The number of unbranched alkanes of at least 4 members (excludes halogenated alkanes) is 42. The Morgan fingerprint density at radius 1 is 0.254 bits per heavy atom. The second-order valence-corrected chi connectivity index (χ2v) is 19.6. The first-order valence-corrected chi connectivity index (χ1v) is 28.5. The van der Waals surface area contributed by atoms with Crippen molar-refractivity contribution in [3.8, 4) is 0 Å². The number of esters is 3. The van der Waals surface area contributed by atoms with Gasteiger partial charge in [-0.25, -0.2) is 0 Å². The Morgan fingerprint density at radius 3 is 0.635 bits per heavy atom. The third-order valence-electron chi connectivity index (χ3n) is 13.1. The minimum atomic E-state index is -0.760. The molecule has 6 nitrogen and oxygen atoms in total. The molecule has 0 aliphatic heterocycles. The lowest BCUT2D eigenvalue weighted by atomic mass is 10.0. The van der Waals surface area contributed by atoms with Gasteiger partial charge in [-0.3, -0.25) is 14.4 Å². The van der Waals surface area contributed by atoms with Crippen molar-refractivity contribution in [3.05, 3.63) is 0 Å². The molecular weight excluding hydrogens is 781 g/mol. The van der Waals surface area contributed by atoms with Crippen molar-refractivity contribution >= 4 is 17.9 Å². The summed E-state index contributed by atoms with van der Waals surface area (Å²) in [5.41, 5.74) is 0. The maximum absolute atomic E-state index is 12.8. The Balaban J connectivity index is 4.22. The predicted octanol–water partition coefficient (Wildman–Crippen LogP) is 18.8. The van der Waals surface area contributed by atoms with Gasteiger partial charge in [0.2, 0.25) is 0 Å². The van der Waals surface area contributed by atoms with Gasteiger partial charge in [0.1, 0.15) is 13.2 Å². The third-order valence-corrected chi connectivity index (χ3v) is 13.1. The second kappa shape index (κ2) is 53.0. The van der Waals surface area contributed by atoms with E-state index in [9.17, 15) is 14.4 Å². The van der Waals surface area contributed by atoms with Gasteiger partial charge in [0.15, 0.2) is 6.10 Å². The first-order valence-electron chi connectivity index (χ1n) is 28.5. The van der Waals surface area contributed by atoms with Crippen LogP contribution in [0.25, 0.3) is 0 Å². The zero-order valence-corrected chi connectivity index (χ0v) is 42.9. The summed E-state index contributed by atoms with van der Waals surface area (Å²) < 4.78 is 16.9.